The van der Waals surface area contributed by atoms with Gasteiger partial charge in [-0.05, 0) is 56.7 Å². The summed E-state index contributed by atoms with van der Waals surface area (Å²) in [6.45, 7) is 8.64. The summed E-state index contributed by atoms with van der Waals surface area (Å²) >= 11 is 0. The smallest absolute Gasteiger partial charge is 0.191 e. The number of pyridine rings is 1. The summed E-state index contributed by atoms with van der Waals surface area (Å²) in [6, 6.07) is 10.0. The molecule has 32 heavy (non-hydrogen) atoms. The largest absolute Gasteiger partial charge is 0.494 e. The Morgan fingerprint density at radius 3 is 2.94 bits per heavy atom. The van der Waals surface area contributed by atoms with E-state index in [0.29, 0.717) is 19.7 Å². The minimum atomic E-state index is 0.202. The van der Waals surface area contributed by atoms with Crippen molar-refractivity contribution in [3.8, 4) is 17.3 Å². The molecule has 0 radical (unpaired) electrons. The minimum absolute atomic E-state index is 0.202. The molecule has 0 bridgehead atoms. The van der Waals surface area contributed by atoms with Gasteiger partial charge < -0.3 is 20.1 Å². The predicted molar refractivity (Wildman–Crippen MR) is 124 cm³/mol. The lowest BCUT2D eigenvalue weighted by Gasteiger charge is -2.15. The molecule has 8 heteroatoms. The third-order valence-corrected chi connectivity index (χ3v) is 5.14. The Labute approximate surface area is 188 Å². The number of fused-ring (bicyclic) bond motifs is 1. The molecule has 1 aliphatic rings. The average molecular weight is 435 g/mol. The van der Waals surface area contributed by atoms with Crippen molar-refractivity contribution in [1.82, 2.24) is 25.4 Å². The monoisotopic (exact) mass is 434 g/mol. The van der Waals surface area contributed by atoms with Crippen LogP contribution in [0, 0.1) is 0 Å². The van der Waals surface area contributed by atoms with Crippen LogP contribution in [-0.4, -0.2) is 40.0 Å². The maximum atomic E-state index is 5.94. The van der Waals surface area contributed by atoms with E-state index in [1.807, 2.05) is 31.3 Å². The molecule has 1 atom stereocenters. The molecule has 0 saturated heterocycles. The lowest BCUT2D eigenvalue weighted by molar-refractivity contribution is 0.254. The molecule has 0 spiro atoms. The molecule has 168 valence electrons. The fourth-order valence-electron chi connectivity index (χ4n) is 3.69. The van der Waals surface area contributed by atoms with Gasteiger partial charge in [-0.3, -0.25) is 0 Å². The number of aliphatic imine (C=N–C) groups is 1. The molecule has 2 N–H and O–H groups in total. The van der Waals surface area contributed by atoms with Crippen molar-refractivity contribution >= 4 is 5.96 Å². The van der Waals surface area contributed by atoms with Crippen LogP contribution in [0.1, 0.15) is 37.5 Å². The van der Waals surface area contributed by atoms with Gasteiger partial charge in [-0.15, -0.1) is 0 Å². The van der Waals surface area contributed by atoms with E-state index in [2.05, 4.69) is 46.7 Å². The SMILES string of the molecule is CCNC(=NCc1ccnc(-n2cccn2)c1)NCc1cc2c(cc1OCC)CC(C)O2. The Bertz CT molecular complexity index is 1060. The first kappa shape index (κ1) is 21.7. The Morgan fingerprint density at radius 1 is 1.25 bits per heavy atom. The zero-order valence-corrected chi connectivity index (χ0v) is 18.8. The first-order chi connectivity index (χ1) is 15.7. The normalized spacial score (nSPS) is 15.2. The van der Waals surface area contributed by atoms with Crippen LogP contribution < -0.4 is 20.1 Å². The van der Waals surface area contributed by atoms with E-state index in [4.69, 9.17) is 14.5 Å². The van der Waals surface area contributed by atoms with Crippen LogP contribution in [0.4, 0.5) is 0 Å². The number of nitrogens with zero attached hydrogens (tertiary/aromatic N) is 4. The van der Waals surface area contributed by atoms with E-state index in [-0.39, 0.29) is 6.10 Å². The summed E-state index contributed by atoms with van der Waals surface area (Å²) in [4.78, 5) is 9.12. The summed E-state index contributed by atoms with van der Waals surface area (Å²) in [5, 5.41) is 11.0. The van der Waals surface area contributed by atoms with Crippen LogP contribution in [0.3, 0.4) is 0 Å². The zero-order valence-electron chi connectivity index (χ0n) is 18.8. The maximum Gasteiger partial charge on any atom is 0.191 e. The summed E-state index contributed by atoms with van der Waals surface area (Å²) in [7, 11) is 0. The summed E-state index contributed by atoms with van der Waals surface area (Å²) in [5.74, 6) is 3.35. The Kier molecular flexibility index (Phi) is 6.89. The topological polar surface area (TPSA) is 85.6 Å². The number of nitrogens with one attached hydrogen (secondary N) is 2. The van der Waals surface area contributed by atoms with Gasteiger partial charge in [-0.2, -0.15) is 5.10 Å². The molecular weight excluding hydrogens is 404 g/mol. The third kappa shape index (κ3) is 5.19. The standard InChI is InChI=1S/C24H30N6O2/c1-4-25-24(27-15-18-7-9-26-23(12-18)30-10-6-8-29-30)28-16-20-14-22-19(11-17(3)32-22)13-21(20)31-5-2/h6-10,12-14,17H,4-5,11,15-16H2,1-3H3,(H2,25,27,28). The van der Waals surface area contributed by atoms with Crippen LogP contribution >= 0.6 is 0 Å². The van der Waals surface area contributed by atoms with Gasteiger partial charge in [-0.1, -0.05) is 0 Å². The molecule has 8 nitrogen and oxygen atoms in total. The highest BCUT2D eigenvalue weighted by molar-refractivity contribution is 5.79. The summed E-state index contributed by atoms with van der Waals surface area (Å²) in [6.07, 6.45) is 6.51. The lowest BCUT2D eigenvalue weighted by atomic mass is 10.1. The number of benzene rings is 1. The number of rotatable bonds is 8. The summed E-state index contributed by atoms with van der Waals surface area (Å²) in [5.41, 5.74) is 3.31. The van der Waals surface area contributed by atoms with E-state index >= 15 is 0 Å². The highest BCUT2D eigenvalue weighted by Gasteiger charge is 2.22. The van der Waals surface area contributed by atoms with E-state index < -0.39 is 0 Å². The molecule has 0 fully saturated rings. The third-order valence-electron chi connectivity index (χ3n) is 5.14. The van der Waals surface area contributed by atoms with E-state index in [1.165, 1.54) is 5.56 Å². The molecule has 0 saturated carbocycles. The molecule has 1 unspecified atom stereocenters. The number of hydrogen-bond acceptors (Lipinski definition) is 5. The number of hydrogen-bond donors (Lipinski definition) is 2. The van der Waals surface area contributed by atoms with E-state index in [9.17, 15) is 0 Å². The van der Waals surface area contributed by atoms with Gasteiger partial charge in [0.15, 0.2) is 11.8 Å². The Morgan fingerprint density at radius 2 is 2.16 bits per heavy atom. The Balaban J connectivity index is 1.47. The second-order valence-corrected chi connectivity index (χ2v) is 7.65. The average Bonchev–Trinajstić information content (AvgIpc) is 3.45. The van der Waals surface area contributed by atoms with Gasteiger partial charge in [0.05, 0.1) is 13.2 Å². The van der Waals surface area contributed by atoms with Crippen molar-refractivity contribution in [3.63, 3.8) is 0 Å². The van der Waals surface area contributed by atoms with Crippen molar-refractivity contribution in [2.45, 2.75) is 46.4 Å². The van der Waals surface area contributed by atoms with Crippen molar-refractivity contribution in [1.29, 1.82) is 0 Å². The van der Waals surface area contributed by atoms with Crippen LogP contribution in [0.25, 0.3) is 5.82 Å². The number of ether oxygens (including phenoxy) is 2. The minimum Gasteiger partial charge on any atom is -0.494 e. The second-order valence-electron chi connectivity index (χ2n) is 7.65. The molecular formula is C24H30N6O2. The van der Waals surface area contributed by atoms with Gasteiger partial charge in [0, 0.05) is 49.2 Å². The molecule has 0 aliphatic carbocycles. The van der Waals surface area contributed by atoms with E-state index in [0.717, 1.165) is 47.4 Å². The van der Waals surface area contributed by atoms with Crippen molar-refractivity contribution < 1.29 is 9.47 Å². The van der Waals surface area contributed by atoms with Gasteiger partial charge >= 0.3 is 0 Å². The number of aromatic nitrogens is 3. The predicted octanol–water partition coefficient (Wildman–Crippen LogP) is 3.24. The van der Waals surface area contributed by atoms with Crippen molar-refractivity contribution in [2.75, 3.05) is 13.2 Å². The first-order valence-electron chi connectivity index (χ1n) is 11.1. The van der Waals surface area contributed by atoms with E-state index in [1.54, 1.807) is 17.1 Å². The molecule has 1 aliphatic heterocycles. The summed E-state index contributed by atoms with van der Waals surface area (Å²) < 4.78 is 13.6. The van der Waals surface area contributed by atoms with Crippen LogP contribution in [0.15, 0.2) is 53.9 Å². The fraction of sp³-hybridized carbons (Fsp3) is 0.375. The fourth-order valence-corrected chi connectivity index (χ4v) is 3.69. The highest BCUT2D eigenvalue weighted by Crippen LogP contribution is 2.35. The zero-order chi connectivity index (χ0) is 22.3. The molecule has 2 aromatic heterocycles. The molecule has 3 aromatic rings. The van der Waals surface area contributed by atoms with Gasteiger partial charge in [0.1, 0.15) is 17.6 Å². The van der Waals surface area contributed by atoms with Gasteiger partial charge in [0.25, 0.3) is 0 Å². The van der Waals surface area contributed by atoms with Crippen LogP contribution in [0.2, 0.25) is 0 Å². The number of guanidine groups is 1. The molecule has 1 aromatic carbocycles. The highest BCUT2D eigenvalue weighted by atomic mass is 16.5. The van der Waals surface area contributed by atoms with Crippen LogP contribution in [0.5, 0.6) is 11.5 Å². The first-order valence-corrected chi connectivity index (χ1v) is 11.1. The molecule has 3 heterocycles. The van der Waals surface area contributed by atoms with Crippen molar-refractivity contribution in [3.05, 3.63) is 65.6 Å². The van der Waals surface area contributed by atoms with Crippen LogP contribution in [-0.2, 0) is 19.5 Å². The second kappa shape index (κ2) is 10.2. The Hall–Kier alpha value is -3.55. The van der Waals surface area contributed by atoms with Crippen molar-refractivity contribution in [2.24, 2.45) is 4.99 Å². The molecule has 0 amide bonds. The quantitative estimate of drug-likeness (QED) is 0.418. The maximum absolute atomic E-state index is 5.94. The van der Waals surface area contributed by atoms with Gasteiger partial charge in [-0.25, -0.2) is 14.7 Å². The molecule has 4 rings (SSSR count). The lowest BCUT2D eigenvalue weighted by Crippen LogP contribution is -2.36. The van der Waals surface area contributed by atoms with Gasteiger partial charge in [0.2, 0.25) is 0 Å².